The smallest absolute Gasteiger partial charge is 0.235 e. The maximum Gasteiger partial charge on any atom is 0.235 e. The molecule has 0 amide bonds. The first-order valence-electron chi connectivity index (χ1n) is 5.68. The lowest BCUT2D eigenvalue weighted by molar-refractivity contribution is 0.242. The van der Waals surface area contributed by atoms with Crippen molar-refractivity contribution in [3.8, 4) is 11.5 Å². The van der Waals surface area contributed by atoms with Gasteiger partial charge in [0.25, 0.3) is 0 Å². The van der Waals surface area contributed by atoms with E-state index in [1.54, 1.807) is 19.3 Å². The summed E-state index contributed by atoms with van der Waals surface area (Å²) in [7, 11) is 3.08. The molecule has 0 radical (unpaired) electrons. The lowest BCUT2D eigenvalue weighted by Gasteiger charge is -2.38. The van der Waals surface area contributed by atoms with E-state index < -0.39 is 5.54 Å². The van der Waals surface area contributed by atoms with Gasteiger partial charge >= 0.3 is 0 Å². The van der Waals surface area contributed by atoms with Crippen LogP contribution < -0.4 is 9.47 Å². The fourth-order valence-electron chi connectivity index (χ4n) is 2.34. The van der Waals surface area contributed by atoms with E-state index >= 15 is 0 Å². The number of isocyanates is 1. The monoisotopic (exact) mass is 267 g/mol. The number of aliphatic imine (C=N–C) groups is 1. The van der Waals surface area contributed by atoms with Gasteiger partial charge in [-0.15, -0.1) is 0 Å². The minimum atomic E-state index is -0.523. The third-order valence-electron chi connectivity index (χ3n) is 3.41. The largest absolute Gasteiger partial charge is 0.492 e. The molecule has 2 rings (SSSR count). The van der Waals surface area contributed by atoms with Gasteiger partial charge in [0.05, 0.1) is 19.2 Å². The summed E-state index contributed by atoms with van der Waals surface area (Å²) in [5.41, 5.74) is 0.311. The Balaban J connectivity index is 2.60. The fraction of sp³-hybridized carbons (Fsp3) is 0.462. The molecule has 1 aromatic rings. The first-order valence-corrected chi connectivity index (χ1v) is 6.06. The zero-order chi connectivity index (χ0) is 13.2. The van der Waals surface area contributed by atoms with Gasteiger partial charge < -0.3 is 9.47 Å². The average Bonchev–Trinajstić information content (AvgIpc) is 2.33. The van der Waals surface area contributed by atoms with Gasteiger partial charge in [-0.05, 0) is 25.3 Å². The maximum absolute atomic E-state index is 10.6. The van der Waals surface area contributed by atoms with Gasteiger partial charge in [0.2, 0.25) is 6.08 Å². The number of rotatable bonds is 4. The van der Waals surface area contributed by atoms with Gasteiger partial charge in [-0.3, -0.25) is 0 Å². The molecule has 18 heavy (non-hydrogen) atoms. The van der Waals surface area contributed by atoms with E-state index in [2.05, 4.69) is 4.99 Å². The Morgan fingerprint density at radius 3 is 2.39 bits per heavy atom. The highest BCUT2D eigenvalue weighted by Gasteiger charge is 2.42. The van der Waals surface area contributed by atoms with Gasteiger partial charge in [-0.1, -0.05) is 17.7 Å². The number of hydrogen-bond donors (Lipinski definition) is 0. The molecule has 0 unspecified atom stereocenters. The first-order chi connectivity index (χ1) is 8.68. The van der Waals surface area contributed by atoms with Crippen molar-refractivity contribution in [3.63, 3.8) is 0 Å². The molecule has 0 spiro atoms. The van der Waals surface area contributed by atoms with Crippen molar-refractivity contribution in [1.29, 1.82) is 0 Å². The van der Waals surface area contributed by atoms with Gasteiger partial charge in [-0.2, -0.15) is 4.99 Å². The minimum absolute atomic E-state index is 0.475. The molecular weight excluding hydrogens is 254 g/mol. The summed E-state index contributed by atoms with van der Waals surface area (Å²) in [6, 6.07) is 3.57. The predicted octanol–water partition coefficient (Wildman–Crippen LogP) is 3.07. The predicted molar refractivity (Wildman–Crippen MR) is 68.2 cm³/mol. The summed E-state index contributed by atoms with van der Waals surface area (Å²) in [4.78, 5) is 14.6. The quantitative estimate of drug-likeness (QED) is 0.622. The lowest BCUT2D eigenvalue weighted by Crippen LogP contribution is -2.32. The molecule has 96 valence electrons. The van der Waals surface area contributed by atoms with Crippen LogP contribution in [0.1, 0.15) is 24.8 Å². The maximum atomic E-state index is 10.6. The summed E-state index contributed by atoms with van der Waals surface area (Å²) in [5.74, 6) is 1.02. The van der Waals surface area contributed by atoms with Crippen LogP contribution in [0.25, 0.3) is 0 Å². The Labute approximate surface area is 111 Å². The molecule has 0 bridgehead atoms. The number of ether oxygens (including phenoxy) is 2. The van der Waals surface area contributed by atoms with E-state index in [1.807, 2.05) is 6.07 Å². The number of carbonyl (C=O) groups excluding carboxylic acids is 1. The molecule has 0 saturated heterocycles. The molecular formula is C13H14ClNO3. The van der Waals surface area contributed by atoms with E-state index in [9.17, 15) is 4.79 Å². The Morgan fingerprint density at radius 2 is 1.94 bits per heavy atom. The van der Waals surface area contributed by atoms with E-state index in [1.165, 1.54) is 7.11 Å². The zero-order valence-corrected chi connectivity index (χ0v) is 11.1. The molecule has 0 heterocycles. The second kappa shape index (κ2) is 5.01. The minimum Gasteiger partial charge on any atom is -0.492 e. The molecule has 5 heteroatoms. The van der Waals surface area contributed by atoms with Crippen LogP contribution >= 0.6 is 11.6 Å². The van der Waals surface area contributed by atoms with E-state index in [-0.39, 0.29) is 0 Å². The highest BCUT2D eigenvalue weighted by molar-refractivity contribution is 6.32. The Morgan fingerprint density at radius 1 is 1.28 bits per heavy atom. The zero-order valence-electron chi connectivity index (χ0n) is 10.3. The first kappa shape index (κ1) is 12.9. The van der Waals surface area contributed by atoms with Crippen molar-refractivity contribution in [1.82, 2.24) is 0 Å². The van der Waals surface area contributed by atoms with Crippen molar-refractivity contribution < 1.29 is 14.3 Å². The van der Waals surface area contributed by atoms with Crippen LogP contribution in [-0.2, 0) is 10.3 Å². The highest BCUT2D eigenvalue weighted by atomic mass is 35.5. The van der Waals surface area contributed by atoms with Gasteiger partial charge in [-0.25, -0.2) is 4.79 Å². The average molecular weight is 268 g/mol. The highest BCUT2D eigenvalue weighted by Crippen LogP contribution is 2.51. The topological polar surface area (TPSA) is 47.9 Å². The van der Waals surface area contributed by atoms with E-state index in [0.29, 0.717) is 16.5 Å². The van der Waals surface area contributed by atoms with Crippen LogP contribution in [0, 0.1) is 0 Å². The summed E-state index contributed by atoms with van der Waals surface area (Å²) >= 11 is 6.06. The summed E-state index contributed by atoms with van der Waals surface area (Å²) in [5, 5.41) is 0.475. The van der Waals surface area contributed by atoms with Gasteiger partial charge in [0.15, 0.2) is 11.5 Å². The number of hydrogen-bond acceptors (Lipinski definition) is 4. The Bertz CT molecular complexity index is 505. The van der Waals surface area contributed by atoms with Gasteiger partial charge in [0, 0.05) is 5.56 Å². The normalized spacial score (nSPS) is 16.4. The standard InChI is InChI=1S/C13H14ClNO3/c1-17-11-9(4-5-10(14)12(11)18-2)13(15-8-16)6-3-7-13/h4-5H,3,6-7H2,1-2H3. The van der Waals surface area contributed by atoms with E-state index in [0.717, 1.165) is 24.8 Å². The van der Waals surface area contributed by atoms with Crippen LogP contribution in [0.15, 0.2) is 17.1 Å². The molecule has 0 aromatic heterocycles. The second-order valence-electron chi connectivity index (χ2n) is 4.25. The second-order valence-corrected chi connectivity index (χ2v) is 4.66. The fourth-order valence-corrected chi connectivity index (χ4v) is 2.56. The summed E-state index contributed by atoms with van der Waals surface area (Å²) < 4.78 is 10.6. The van der Waals surface area contributed by atoms with Crippen LogP contribution in [-0.4, -0.2) is 20.3 Å². The van der Waals surface area contributed by atoms with Crippen LogP contribution in [0.2, 0.25) is 5.02 Å². The molecule has 1 aliphatic rings. The molecule has 4 nitrogen and oxygen atoms in total. The molecule has 1 aliphatic carbocycles. The molecule has 0 aliphatic heterocycles. The number of methoxy groups -OCH3 is 2. The van der Waals surface area contributed by atoms with Crippen LogP contribution in [0.5, 0.6) is 11.5 Å². The lowest BCUT2D eigenvalue weighted by atomic mass is 9.72. The third kappa shape index (κ3) is 1.88. The van der Waals surface area contributed by atoms with E-state index in [4.69, 9.17) is 21.1 Å². The number of nitrogens with zero attached hydrogens (tertiary/aromatic N) is 1. The van der Waals surface area contributed by atoms with Crippen molar-refractivity contribution >= 4 is 17.7 Å². The number of benzene rings is 1. The molecule has 1 saturated carbocycles. The van der Waals surface area contributed by atoms with Crippen LogP contribution in [0.3, 0.4) is 0 Å². The molecule has 1 aromatic carbocycles. The van der Waals surface area contributed by atoms with Crippen LogP contribution in [0.4, 0.5) is 0 Å². The van der Waals surface area contributed by atoms with Crippen molar-refractivity contribution in [2.45, 2.75) is 24.8 Å². The Kier molecular flexibility index (Phi) is 3.60. The SMILES string of the molecule is COc1c(Cl)ccc(C2(N=C=O)CCC2)c1OC. The third-order valence-corrected chi connectivity index (χ3v) is 3.71. The summed E-state index contributed by atoms with van der Waals surface area (Å²) in [6.07, 6.45) is 4.30. The Hall–Kier alpha value is -1.51. The molecule has 1 fully saturated rings. The molecule has 0 N–H and O–H groups in total. The van der Waals surface area contributed by atoms with Crippen molar-refractivity contribution in [2.24, 2.45) is 4.99 Å². The number of halogens is 1. The molecule has 0 atom stereocenters. The van der Waals surface area contributed by atoms with Crippen molar-refractivity contribution in [2.75, 3.05) is 14.2 Å². The summed E-state index contributed by atoms with van der Waals surface area (Å²) in [6.45, 7) is 0. The van der Waals surface area contributed by atoms with Crippen molar-refractivity contribution in [3.05, 3.63) is 22.7 Å². The van der Waals surface area contributed by atoms with Gasteiger partial charge in [0.1, 0.15) is 5.54 Å².